The molecule has 1 aromatic rings. The lowest BCUT2D eigenvalue weighted by Crippen LogP contribution is -2.34. The van der Waals surface area contributed by atoms with Gasteiger partial charge in [-0.05, 0) is 31.4 Å². The molecule has 1 aromatic carbocycles. The number of nitrogens with one attached hydrogen (secondary N) is 1. The maximum absolute atomic E-state index is 13.6. The van der Waals surface area contributed by atoms with Crippen molar-refractivity contribution < 1.29 is 22.8 Å². The maximum atomic E-state index is 13.6. The molecule has 0 spiro atoms. The van der Waals surface area contributed by atoms with Gasteiger partial charge in [0.05, 0.1) is 17.5 Å². The van der Waals surface area contributed by atoms with Gasteiger partial charge in [-0.25, -0.2) is 13.2 Å². The molecule has 2 amide bonds. The molecule has 2 fully saturated rings. The van der Waals surface area contributed by atoms with Gasteiger partial charge < -0.3 is 10.2 Å². The van der Waals surface area contributed by atoms with Gasteiger partial charge in [-0.15, -0.1) is 0 Å². The van der Waals surface area contributed by atoms with Crippen molar-refractivity contribution in [3.63, 3.8) is 0 Å². The number of hydrogen-bond acceptors (Lipinski definition) is 2. The van der Waals surface area contributed by atoms with E-state index in [1.165, 1.54) is 0 Å². The molecule has 1 aliphatic heterocycles. The number of hydrogen-bond donors (Lipinski definition) is 1. The molecule has 1 saturated carbocycles. The van der Waals surface area contributed by atoms with Gasteiger partial charge in [0.1, 0.15) is 0 Å². The fourth-order valence-electron chi connectivity index (χ4n) is 3.13. The zero-order valence-corrected chi connectivity index (χ0v) is 13.2. The van der Waals surface area contributed by atoms with Crippen LogP contribution in [0.2, 0.25) is 0 Å². The molecule has 3 rings (SSSR count). The summed E-state index contributed by atoms with van der Waals surface area (Å²) in [7, 11) is 0. The Bertz CT molecular complexity index is 657. The number of nitrogens with zero attached hydrogens (tertiary/aromatic N) is 1. The minimum Gasteiger partial charge on any atom is -0.342 e. The third-order valence-corrected chi connectivity index (χ3v) is 4.66. The summed E-state index contributed by atoms with van der Waals surface area (Å²) in [6.45, 7) is 1.42. The van der Waals surface area contributed by atoms with Gasteiger partial charge in [0.2, 0.25) is 11.8 Å². The predicted octanol–water partition coefficient (Wildman–Crippen LogP) is 3.08. The number of carbonyl (C=O) groups excluding carboxylic acids is 2. The van der Waals surface area contributed by atoms with Crippen molar-refractivity contribution in [3.8, 4) is 0 Å². The SMILES string of the molecule is O=C(Nc1ccc(F)c(F)c1F)C1CC1C(=O)N1CCCCCC1. The molecule has 24 heavy (non-hydrogen) atoms. The van der Waals surface area contributed by atoms with Gasteiger partial charge in [0.25, 0.3) is 0 Å². The van der Waals surface area contributed by atoms with Crippen LogP contribution in [0.15, 0.2) is 12.1 Å². The maximum Gasteiger partial charge on any atom is 0.228 e. The molecule has 0 aromatic heterocycles. The van der Waals surface area contributed by atoms with E-state index in [1.807, 2.05) is 0 Å². The molecular formula is C17H19F3N2O2. The van der Waals surface area contributed by atoms with Gasteiger partial charge in [0, 0.05) is 13.1 Å². The quantitative estimate of drug-likeness (QED) is 0.860. The first-order valence-corrected chi connectivity index (χ1v) is 8.22. The summed E-state index contributed by atoms with van der Waals surface area (Å²) in [5.74, 6) is -5.87. The Morgan fingerprint density at radius 3 is 2.29 bits per heavy atom. The topological polar surface area (TPSA) is 49.4 Å². The lowest BCUT2D eigenvalue weighted by atomic mass is 10.2. The molecule has 1 aliphatic carbocycles. The minimum atomic E-state index is -1.62. The smallest absolute Gasteiger partial charge is 0.228 e. The highest BCUT2D eigenvalue weighted by molar-refractivity contribution is 5.99. The van der Waals surface area contributed by atoms with Gasteiger partial charge in [-0.3, -0.25) is 9.59 Å². The number of rotatable bonds is 3. The van der Waals surface area contributed by atoms with Crippen LogP contribution in [0.5, 0.6) is 0 Å². The fraction of sp³-hybridized carbons (Fsp3) is 0.529. The van der Waals surface area contributed by atoms with E-state index in [-0.39, 0.29) is 5.91 Å². The van der Waals surface area contributed by atoms with E-state index < -0.39 is 40.9 Å². The Kier molecular flexibility index (Phi) is 4.78. The van der Waals surface area contributed by atoms with Gasteiger partial charge in [-0.1, -0.05) is 12.8 Å². The van der Waals surface area contributed by atoms with E-state index in [0.29, 0.717) is 19.5 Å². The third kappa shape index (κ3) is 3.39. The summed E-state index contributed by atoms with van der Waals surface area (Å²) >= 11 is 0. The van der Waals surface area contributed by atoms with Crippen LogP contribution in [0.4, 0.5) is 18.9 Å². The van der Waals surface area contributed by atoms with E-state index in [0.717, 1.165) is 37.8 Å². The Hall–Kier alpha value is -2.05. The predicted molar refractivity (Wildman–Crippen MR) is 81.6 cm³/mol. The molecule has 2 unspecified atom stereocenters. The summed E-state index contributed by atoms with van der Waals surface area (Å²) in [6.07, 6.45) is 4.55. The van der Waals surface area contributed by atoms with Crippen LogP contribution in [-0.2, 0) is 9.59 Å². The Labute approximate surface area is 138 Å². The van der Waals surface area contributed by atoms with Gasteiger partial charge in [0.15, 0.2) is 17.5 Å². The molecule has 130 valence electrons. The molecule has 0 radical (unpaired) electrons. The first-order chi connectivity index (χ1) is 11.5. The van der Waals surface area contributed by atoms with Crippen molar-refractivity contribution in [1.29, 1.82) is 0 Å². The van der Waals surface area contributed by atoms with Crippen LogP contribution in [0.3, 0.4) is 0 Å². The normalized spacial score (nSPS) is 23.5. The monoisotopic (exact) mass is 340 g/mol. The lowest BCUT2D eigenvalue weighted by Gasteiger charge is -2.20. The van der Waals surface area contributed by atoms with Crippen molar-refractivity contribution in [2.45, 2.75) is 32.1 Å². The summed E-state index contributed by atoms with van der Waals surface area (Å²) < 4.78 is 39.7. The van der Waals surface area contributed by atoms with Crippen molar-refractivity contribution in [1.82, 2.24) is 4.90 Å². The molecule has 1 N–H and O–H groups in total. The summed E-state index contributed by atoms with van der Waals surface area (Å²) in [5.41, 5.74) is -0.410. The van der Waals surface area contributed by atoms with Crippen LogP contribution in [0, 0.1) is 29.3 Å². The molecule has 1 saturated heterocycles. The number of anilines is 1. The van der Waals surface area contributed by atoms with Crippen molar-refractivity contribution in [2.24, 2.45) is 11.8 Å². The van der Waals surface area contributed by atoms with E-state index in [2.05, 4.69) is 5.32 Å². The van der Waals surface area contributed by atoms with Crippen molar-refractivity contribution in [3.05, 3.63) is 29.6 Å². The minimum absolute atomic E-state index is 0.0391. The second-order valence-electron chi connectivity index (χ2n) is 6.40. The summed E-state index contributed by atoms with van der Waals surface area (Å²) in [5, 5.41) is 2.25. The highest BCUT2D eigenvalue weighted by Gasteiger charge is 2.49. The van der Waals surface area contributed by atoms with Gasteiger partial charge in [-0.2, -0.15) is 0 Å². The van der Waals surface area contributed by atoms with Crippen LogP contribution in [0.1, 0.15) is 32.1 Å². The summed E-state index contributed by atoms with van der Waals surface area (Å²) in [4.78, 5) is 26.3. The molecule has 2 atom stereocenters. The van der Waals surface area contributed by atoms with Crippen molar-refractivity contribution in [2.75, 3.05) is 18.4 Å². The zero-order chi connectivity index (χ0) is 17.3. The average molecular weight is 340 g/mol. The van der Waals surface area contributed by atoms with Crippen LogP contribution in [-0.4, -0.2) is 29.8 Å². The molecule has 7 heteroatoms. The highest BCUT2D eigenvalue weighted by atomic mass is 19.2. The highest BCUT2D eigenvalue weighted by Crippen LogP contribution is 2.41. The number of benzene rings is 1. The van der Waals surface area contributed by atoms with Crippen LogP contribution >= 0.6 is 0 Å². The second kappa shape index (κ2) is 6.83. The molecule has 2 aliphatic rings. The van der Waals surface area contributed by atoms with E-state index in [1.54, 1.807) is 4.90 Å². The Morgan fingerprint density at radius 2 is 1.62 bits per heavy atom. The van der Waals surface area contributed by atoms with Crippen LogP contribution in [0.25, 0.3) is 0 Å². The number of amides is 2. The molecule has 1 heterocycles. The first-order valence-electron chi connectivity index (χ1n) is 8.22. The molecular weight excluding hydrogens is 321 g/mol. The number of likely N-dealkylation sites (tertiary alicyclic amines) is 1. The summed E-state index contributed by atoms with van der Waals surface area (Å²) in [6, 6.07) is 1.72. The third-order valence-electron chi connectivity index (χ3n) is 4.66. The Balaban J connectivity index is 1.60. The number of carbonyl (C=O) groups is 2. The largest absolute Gasteiger partial charge is 0.342 e. The lowest BCUT2D eigenvalue weighted by molar-refractivity contribution is -0.134. The zero-order valence-electron chi connectivity index (χ0n) is 13.2. The van der Waals surface area contributed by atoms with Gasteiger partial charge >= 0.3 is 0 Å². The van der Waals surface area contributed by atoms with Crippen molar-refractivity contribution >= 4 is 17.5 Å². The standard InChI is InChI=1S/C17H19F3N2O2/c18-12-5-6-13(15(20)14(12)19)21-16(23)10-9-11(10)17(24)22-7-3-1-2-4-8-22/h5-6,10-11H,1-4,7-9H2,(H,21,23). The average Bonchev–Trinajstić information content (AvgIpc) is 3.38. The number of halogens is 3. The first kappa shape index (κ1) is 16.8. The van der Waals surface area contributed by atoms with E-state index in [4.69, 9.17) is 0 Å². The molecule has 4 nitrogen and oxygen atoms in total. The Morgan fingerprint density at radius 1 is 0.958 bits per heavy atom. The van der Waals surface area contributed by atoms with E-state index in [9.17, 15) is 22.8 Å². The van der Waals surface area contributed by atoms with Crippen LogP contribution < -0.4 is 5.32 Å². The van der Waals surface area contributed by atoms with E-state index >= 15 is 0 Å². The second-order valence-corrected chi connectivity index (χ2v) is 6.40. The molecule has 0 bridgehead atoms. The fourth-order valence-corrected chi connectivity index (χ4v) is 3.13.